The zero-order chi connectivity index (χ0) is 18.7. The molecule has 3 rings (SSSR count). The third-order valence-electron chi connectivity index (χ3n) is 4.26. The molecule has 0 spiro atoms. The van der Waals surface area contributed by atoms with Crippen molar-refractivity contribution in [2.45, 2.75) is 26.2 Å². The van der Waals surface area contributed by atoms with Gasteiger partial charge in [-0.25, -0.2) is 0 Å². The van der Waals surface area contributed by atoms with Gasteiger partial charge in [0.2, 0.25) is 5.91 Å². The Bertz CT molecular complexity index is 833. The number of non-ortho nitro benzene ring substituents is 1. The highest BCUT2D eigenvalue weighted by molar-refractivity contribution is 5.96. The number of amides is 1. The fraction of sp³-hybridized carbons (Fsp3) is 0.316. The maximum atomic E-state index is 12.2. The molecule has 1 amide bonds. The van der Waals surface area contributed by atoms with Gasteiger partial charge in [0.25, 0.3) is 5.69 Å². The first-order valence-electron chi connectivity index (χ1n) is 8.51. The van der Waals surface area contributed by atoms with Gasteiger partial charge >= 0.3 is 0 Å². The maximum Gasteiger partial charge on any atom is 0.269 e. The molecule has 7 nitrogen and oxygen atoms in total. The normalized spacial score (nSPS) is 15.8. The lowest BCUT2D eigenvalue weighted by molar-refractivity contribution is -0.384. The second kappa shape index (κ2) is 7.43. The zero-order valence-electron chi connectivity index (χ0n) is 14.7. The maximum absolute atomic E-state index is 12.2. The molecule has 1 heterocycles. The summed E-state index contributed by atoms with van der Waals surface area (Å²) in [4.78, 5) is 22.6. The van der Waals surface area contributed by atoms with Crippen LogP contribution in [0.25, 0.3) is 0 Å². The van der Waals surface area contributed by atoms with Crippen LogP contribution in [0.3, 0.4) is 0 Å². The minimum Gasteiger partial charge on any atom is -0.490 e. The van der Waals surface area contributed by atoms with Crippen molar-refractivity contribution in [1.82, 2.24) is 0 Å². The first-order chi connectivity index (χ1) is 12.5. The summed E-state index contributed by atoms with van der Waals surface area (Å²) < 4.78 is 11.3. The molecule has 0 fully saturated rings. The van der Waals surface area contributed by atoms with Gasteiger partial charge in [0.05, 0.1) is 18.1 Å². The second-order valence-electron chi connectivity index (χ2n) is 5.91. The lowest BCUT2D eigenvalue weighted by Gasteiger charge is -2.27. The van der Waals surface area contributed by atoms with Crippen LogP contribution < -0.4 is 14.8 Å². The van der Waals surface area contributed by atoms with Gasteiger partial charge in [-0.15, -0.1) is 0 Å². The molecule has 0 saturated heterocycles. The minimum atomic E-state index is -0.438. The average molecular weight is 356 g/mol. The molecule has 1 aliphatic heterocycles. The van der Waals surface area contributed by atoms with E-state index in [1.54, 1.807) is 18.2 Å². The Hall–Kier alpha value is -3.09. The Labute approximate surface area is 151 Å². The van der Waals surface area contributed by atoms with E-state index in [-0.39, 0.29) is 23.9 Å². The Balaban J connectivity index is 2.05. The number of ether oxygens (including phenoxy) is 2. The van der Waals surface area contributed by atoms with E-state index in [1.165, 1.54) is 12.1 Å². The second-order valence-corrected chi connectivity index (χ2v) is 5.91. The van der Waals surface area contributed by atoms with Crippen molar-refractivity contribution < 1.29 is 19.2 Å². The molecule has 1 atom stereocenters. The number of nitrogens with zero attached hydrogens (tertiary/aromatic N) is 1. The molecule has 2 aromatic rings. The van der Waals surface area contributed by atoms with Crippen molar-refractivity contribution in [2.75, 3.05) is 18.5 Å². The van der Waals surface area contributed by atoms with Gasteiger partial charge in [-0.1, -0.05) is 12.1 Å². The number of nitro benzene ring substituents is 1. The molecule has 0 unspecified atom stereocenters. The molecule has 1 aliphatic rings. The van der Waals surface area contributed by atoms with Crippen LogP contribution in [0.2, 0.25) is 0 Å². The van der Waals surface area contributed by atoms with Crippen molar-refractivity contribution in [1.29, 1.82) is 0 Å². The van der Waals surface area contributed by atoms with E-state index in [4.69, 9.17) is 9.47 Å². The fourth-order valence-electron chi connectivity index (χ4n) is 3.13. The average Bonchev–Trinajstić information content (AvgIpc) is 2.62. The van der Waals surface area contributed by atoms with Crippen molar-refractivity contribution in [2.24, 2.45) is 0 Å². The third kappa shape index (κ3) is 3.46. The summed E-state index contributed by atoms with van der Waals surface area (Å²) >= 11 is 0. The van der Waals surface area contributed by atoms with E-state index in [0.29, 0.717) is 30.4 Å². The van der Waals surface area contributed by atoms with Crippen molar-refractivity contribution in [3.63, 3.8) is 0 Å². The van der Waals surface area contributed by atoms with Gasteiger partial charge in [0.1, 0.15) is 0 Å². The van der Waals surface area contributed by atoms with Crippen LogP contribution >= 0.6 is 0 Å². The number of anilines is 1. The van der Waals surface area contributed by atoms with E-state index in [1.807, 2.05) is 19.9 Å². The summed E-state index contributed by atoms with van der Waals surface area (Å²) in [7, 11) is 0. The smallest absolute Gasteiger partial charge is 0.269 e. The fourth-order valence-corrected chi connectivity index (χ4v) is 3.13. The van der Waals surface area contributed by atoms with E-state index in [2.05, 4.69) is 5.32 Å². The number of carbonyl (C=O) groups is 1. The van der Waals surface area contributed by atoms with E-state index >= 15 is 0 Å². The first-order valence-corrected chi connectivity index (χ1v) is 8.51. The molecule has 2 aromatic carbocycles. The zero-order valence-corrected chi connectivity index (χ0v) is 14.7. The first kappa shape index (κ1) is 17.7. The van der Waals surface area contributed by atoms with E-state index in [0.717, 1.165) is 11.1 Å². The quantitative estimate of drug-likeness (QED) is 0.627. The predicted octanol–water partition coefficient (Wildman–Crippen LogP) is 3.87. The van der Waals surface area contributed by atoms with Gasteiger partial charge in [-0.2, -0.15) is 0 Å². The monoisotopic (exact) mass is 356 g/mol. The van der Waals surface area contributed by atoms with Gasteiger partial charge in [-0.05, 0) is 31.0 Å². The third-order valence-corrected chi connectivity index (χ3v) is 4.26. The van der Waals surface area contributed by atoms with Crippen molar-refractivity contribution >= 4 is 17.3 Å². The topological polar surface area (TPSA) is 90.7 Å². The van der Waals surface area contributed by atoms with Crippen molar-refractivity contribution in [3.8, 4) is 11.5 Å². The van der Waals surface area contributed by atoms with Gasteiger partial charge < -0.3 is 14.8 Å². The highest BCUT2D eigenvalue weighted by atomic mass is 16.6. The minimum absolute atomic E-state index is 0.0240. The van der Waals surface area contributed by atoms with Crippen LogP contribution in [0.15, 0.2) is 36.4 Å². The lowest BCUT2D eigenvalue weighted by Crippen LogP contribution is -2.23. The molecule has 1 N–H and O–H groups in total. The number of hydrogen-bond donors (Lipinski definition) is 1. The van der Waals surface area contributed by atoms with Crippen molar-refractivity contribution in [3.05, 3.63) is 57.6 Å². The lowest BCUT2D eigenvalue weighted by atomic mass is 9.84. The highest BCUT2D eigenvalue weighted by Crippen LogP contribution is 2.43. The number of hydrogen-bond acceptors (Lipinski definition) is 5. The Morgan fingerprint density at radius 3 is 2.31 bits per heavy atom. The SMILES string of the molecule is CCOc1cc2c(cc1OCC)[C@@H](c1ccc([N+](=O)[O-])cc1)CC(=O)N2. The molecule has 0 bridgehead atoms. The van der Waals surface area contributed by atoms with Crippen LogP contribution in [0.4, 0.5) is 11.4 Å². The largest absolute Gasteiger partial charge is 0.490 e. The number of carbonyl (C=O) groups excluding carboxylic acids is 1. The number of fused-ring (bicyclic) bond motifs is 1. The number of benzene rings is 2. The molecule has 136 valence electrons. The summed E-state index contributed by atoms with van der Waals surface area (Å²) in [6.07, 6.45) is 0.268. The molecule has 0 aromatic heterocycles. The Kier molecular flexibility index (Phi) is 5.06. The summed E-state index contributed by atoms with van der Waals surface area (Å²) in [5.74, 6) is 0.899. The molecule has 7 heteroatoms. The van der Waals surface area contributed by atoms with E-state index < -0.39 is 4.92 Å². The summed E-state index contributed by atoms with van der Waals surface area (Å²) in [5.41, 5.74) is 2.45. The van der Waals surface area contributed by atoms with Crippen LogP contribution in [0.5, 0.6) is 11.5 Å². The van der Waals surface area contributed by atoms with E-state index in [9.17, 15) is 14.9 Å². The number of nitrogens with one attached hydrogen (secondary N) is 1. The van der Waals surface area contributed by atoms with Crippen LogP contribution in [-0.2, 0) is 4.79 Å². The van der Waals surface area contributed by atoms with Crippen LogP contribution in [0.1, 0.15) is 37.3 Å². The standard InChI is InChI=1S/C19H20N2O5/c1-3-25-17-9-15-14(12-5-7-13(8-6-12)21(23)24)10-19(22)20-16(15)11-18(17)26-4-2/h5-9,11,14H,3-4,10H2,1-2H3,(H,20,22)/t14-/m1/s1. The van der Waals surface area contributed by atoms with Crippen LogP contribution in [-0.4, -0.2) is 24.0 Å². The number of rotatable bonds is 6. The predicted molar refractivity (Wildman–Crippen MR) is 97.0 cm³/mol. The Morgan fingerprint density at radius 1 is 1.12 bits per heavy atom. The summed E-state index contributed by atoms with van der Waals surface area (Å²) in [6.45, 7) is 4.75. The van der Waals surface area contributed by atoms with Gasteiger partial charge in [0, 0.05) is 36.2 Å². The molecule has 0 radical (unpaired) electrons. The Morgan fingerprint density at radius 2 is 1.73 bits per heavy atom. The molecular formula is C19H20N2O5. The summed E-state index contributed by atoms with van der Waals surface area (Å²) in [5, 5.41) is 13.7. The molecule has 26 heavy (non-hydrogen) atoms. The molecular weight excluding hydrogens is 336 g/mol. The number of nitro groups is 1. The van der Waals surface area contributed by atoms with Gasteiger partial charge in [0.15, 0.2) is 11.5 Å². The molecule has 0 saturated carbocycles. The van der Waals surface area contributed by atoms with Gasteiger partial charge in [-0.3, -0.25) is 14.9 Å². The van der Waals surface area contributed by atoms with Crippen LogP contribution in [0, 0.1) is 10.1 Å². The molecule has 0 aliphatic carbocycles. The highest BCUT2D eigenvalue weighted by Gasteiger charge is 2.29. The summed E-state index contributed by atoms with van der Waals surface area (Å²) in [6, 6.07) is 9.97.